The monoisotopic (exact) mass is 576 g/mol. The molecule has 1 aromatic carbocycles. The van der Waals surface area contributed by atoms with E-state index in [1.807, 2.05) is 36.1 Å². The number of nitrogens with one attached hydrogen (secondary N) is 3. The van der Waals surface area contributed by atoms with E-state index in [1.165, 1.54) is 69.0 Å². The van der Waals surface area contributed by atoms with Gasteiger partial charge in [-0.05, 0) is 74.8 Å². The number of hydrogen-bond donors (Lipinski definition) is 3. The first-order valence-corrected chi connectivity index (χ1v) is 16.8. The van der Waals surface area contributed by atoms with Gasteiger partial charge >= 0.3 is 0 Å². The van der Waals surface area contributed by atoms with E-state index in [2.05, 4.69) is 21.7 Å². The van der Waals surface area contributed by atoms with Gasteiger partial charge in [-0.3, -0.25) is 9.59 Å². The van der Waals surface area contributed by atoms with Crippen LogP contribution in [0.3, 0.4) is 0 Å². The smallest absolute Gasteiger partial charge is 0.267 e. The van der Waals surface area contributed by atoms with Crippen molar-refractivity contribution in [2.24, 2.45) is 5.92 Å². The summed E-state index contributed by atoms with van der Waals surface area (Å²) in [4.78, 5) is 31.7. The zero-order valence-corrected chi connectivity index (χ0v) is 25.8. The minimum absolute atomic E-state index is 0.0274. The van der Waals surface area contributed by atoms with Gasteiger partial charge in [0.2, 0.25) is 0 Å². The number of nitrogens with zero attached hydrogens (tertiary/aromatic N) is 1. The molecule has 0 atom stereocenters. The standard InChI is InChI=1S/C35H52N4O3/c1-2-42-30-15-12-14-28(23-30)34(41)39-21-16-27(17-22-39)13-8-11-20-37-33(40)31-24-29-25-36-26-35(32(29)38-31)18-9-6-4-3-5-7-10-19-35/h12,14-15,23-24,27,36,38H,2-11,13,16-22,25-26H2,1H3,(H,37,40). The summed E-state index contributed by atoms with van der Waals surface area (Å²) in [7, 11) is 0. The fraction of sp³-hybridized carbons (Fsp3) is 0.657. The second-order valence-electron chi connectivity index (χ2n) is 12.9. The third-order valence-electron chi connectivity index (χ3n) is 9.88. The maximum absolute atomic E-state index is 13.1. The van der Waals surface area contributed by atoms with Crippen molar-refractivity contribution >= 4 is 11.8 Å². The van der Waals surface area contributed by atoms with Crippen molar-refractivity contribution in [1.82, 2.24) is 20.5 Å². The van der Waals surface area contributed by atoms with Gasteiger partial charge in [0.05, 0.1) is 6.61 Å². The van der Waals surface area contributed by atoms with Crippen LogP contribution in [0.4, 0.5) is 0 Å². The predicted molar refractivity (Wildman–Crippen MR) is 168 cm³/mol. The van der Waals surface area contributed by atoms with Crippen LogP contribution in [0.1, 0.15) is 129 Å². The van der Waals surface area contributed by atoms with E-state index in [-0.39, 0.29) is 17.2 Å². The minimum atomic E-state index is 0.0274. The molecule has 2 aromatic rings. The molecule has 0 bridgehead atoms. The molecule has 1 aliphatic carbocycles. The molecule has 42 heavy (non-hydrogen) atoms. The number of H-pyrrole nitrogens is 1. The summed E-state index contributed by atoms with van der Waals surface area (Å²) in [5.74, 6) is 1.53. The molecule has 2 aliphatic heterocycles. The van der Waals surface area contributed by atoms with Gasteiger partial charge in [-0.1, -0.05) is 63.9 Å². The van der Waals surface area contributed by atoms with Crippen LogP contribution in [0, 0.1) is 5.92 Å². The van der Waals surface area contributed by atoms with Gasteiger partial charge in [0.1, 0.15) is 11.4 Å². The summed E-state index contributed by atoms with van der Waals surface area (Å²) in [6, 6.07) is 9.61. The van der Waals surface area contributed by atoms with Gasteiger partial charge in [-0.25, -0.2) is 0 Å². The molecular weight excluding hydrogens is 524 g/mol. The number of fused-ring (bicyclic) bond motifs is 2. The van der Waals surface area contributed by atoms with E-state index in [0.29, 0.717) is 24.6 Å². The van der Waals surface area contributed by atoms with Crippen molar-refractivity contribution in [2.45, 2.75) is 109 Å². The third kappa shape index (κ3) is 7.77. The molecule has 1 spiro atoms. The number of carbonyl (C=O) groups is 2. The first kappa shape index (κ1) is 30.7. The first-order chi connectivity index (χ1) is 20.6. The second kappa shape index (κ2) is 15.1. The molecule has 230 valence electrons. The van der Waals surface area contributed by atoms with Crippen molar-refractivity contribution < 1.29 is 14.3 Å². The van der Waals surface area contributed by atoms with Crippen molar-refractivity contribution in [3.8, 4) is 5.75 Å². The number of hydrogen-bond acceptors (Lipinski definition) is 4. The molecule has 3 aliphatic rings. The maximum atomic E-state index is 13.1. The van der Waals surface area contributed by atoms with Crippen molar-refractivity contribution in [1.29, 1.82) is 0 Å². The highest BCUT2D eigenvalue weighted by Crippen LogP contribution is 2.40. The molecule has 0 radical (unpaired) electrons. The number of likely N-dealkylation sites (tertiary alicyclic amines) is 1. The van der Waals surface area contributed by atoms with Crippen molar-refractivity contribution in [3.05, 3.63) is 52.8 Å². The molecule has 2 fully saturated rings. The Kier molecular flexibility index (Phi) is 11.0. The fourth-order valence-electron chi connectivity index (χ4n) is 7.47. The molecular formula is C35H52N4O3. The largest absolute Gasteiger partial charge is 0.494 e. The van der Waals surface area contributed by atoms with Crippen LogP contribution in [0.2, 0.25) is 0 Å². The summed E-state index contributed by atoms with van der Waals surface area (Å²) < 4.78 is 5.56. The molecule has 3 N–H and O–H groups in total. The highest BCUT2D eigenvalue weighted by molar-refractivity contribution is 5.94. The van der Waals surface area contributed by atoms with Gasteiger partial charge in [0, 0.05) is 49.4 Å². The number of ether oxygens (including phenoxy) is 1. The van der Waals surface area contributed by atoms with Gasteiger partial charge in [-0.2, -0.15) is 0 Å². The average Bonchev–Trinajstić information content (AvgIpc) is 3.47. The summed E-state index contributed by atoms with van der Waals surface area (Å²) in [6.07, 6.45) is 17.1. The number of rotatable bonds is 9. The Balaban J connectivity index is 1.03. The van der Waals surface area contributed by atoms with Crippen molar-refractivity contribution in [2.75, 3.05) is 32.8 Å². The molecule has 5 rings (SSSR count). The van der Waals surface area contributed by atoms with Crippen LogP contribution in [0.15, 0.2) is 30.3 Å². The van der Waals surface area contributed by atoms with E-state index in [1.54, 1.807) is 0 Å². The van der Waals surface area contributed by atoms with Crippen LogP contribution >= 0.6 is 0 Å². The lowest BCUT2D eigenvalue weighted by atomic mass is 9.72. The zero-order valence-electron chi connectivity index (χ0n) is 25.8. The van der Waals surface area contributed by atoms with E-state index in [4.69, 9.17) is 4.74 Å². The number of aromatic amines is 1. The van der Waals surface area contributed by atoms with Crippen LogP contribution < -0.4 is 15.4 Å². The van der Waals surface area contributed by atoms with E-state index < -0.39 is 0 Å². The van der Waals surface area contributed by atoms with Crippen LogP contribution in [-0.2, 0) is 12.0 Å². The van der Waals surface area contributed by atoms with E-state index in [9.17, 15) is 9.59 Å². The number of aromatic nitrogens is 1. The summed E-state index contributed by atoms with van der Waals surface area (Å²) in [5, 5.41) is 6.85. The van der Waals surface area contributed by atoms with Crippen LogP contribution in [0.25, 0.3) is 0 Å². The van der Waals surface area contributed by atoms with E-state index in [0.717, 1.165) is 69.7 Å². The maximum Gasteiger partial charge on any atom is 0.267 e. The lowest BCUT2D eigenvalue weighted by Crippen LogP contribution is -2.43. The lowest BCUT2D eigenvalue weighted by Gasteiger charge is -2.38. The Bertz CT molecular complexity index is 1160. The van der Waals surface area contributed by atoms with Gasteiger partial charge in [-0.15, -0.1) is 0 Å². The number of piperidine rings is 1. The molecule has 1 saturated carbocycles. The van der Waals surface area contributed by atoms with Crippen LogP contribution in [0.5, 0.6) is 5.75 Å². The molecule has 7 heteroatoms. The number of carbonyl (C=O) groups excluding carboxylic acids is 2. The lowest BCUT2D eigenvalue weighted by molar-refractivity contribution is 0.0685. The minimum Gasteiger partial charge on any atom is -0.494 e. The first-order valence-electron chi connectivity index (χ1n) is 16.8. The SMILES string of the molecule is CCOc1cccc(C(=O)N2CCC(CCCCNC(=O)c3cc4c([nH]3)C3(CCCCCCCCC3)CNC4)CC2)c1. The zero-order chi connectivity index (χ0) is 29.2. The molecule has 3 heterocycles. The van der Waals surface area contributed by atoms with Crippen LogP contribution in [-0.4, -0.2) is 54.5 Å². The highest BCUT2D eigenvalue weighted by atomic mass is 16.5. The Labute approximate surface area is 252 Å². The molecule has 7 nitrogen and oxygen atoms in total. The second-order valence-corrected chi connectivity index (χ2v) is 12.9. The van der Waals surface area contributed by atoms with Crippen molar-refractivity contribution in [3.63, 3.8) is 0 Å². The van der Waals surface area contributed by atoms with E-state index >= 15 is 0 Å². The Morgan fingerprint density at radius 1 is 1.00 bits per heavy atom. The molecule has 1 aromatic heterocycles. The van der Waals surface area contributed by atoms with Gasteiger partial charge in [0.25, 0.3) is 11.8 Å². The summed E-state index contributed by atoms with van der Waals surface area (Å²) in [6.45, 7) is 6.76. The Morgan fingerprint density at radius 2 is 1.74 bits per heavy atom. The van der Waals surface area contributed by atoms with Gasteiger partial charge in [0.15, 0.2) is 0 Å². The highest BCUT2D eigenvalue weighted by Gasteiger charge is 2.38. The summed E-state index contributed by atoms with van der Waals surface area (Å²) in [5.41, 5.74) is 4.20. The Hall–Kier alpha value is -2.80. The fourth-order valence-corrected chi connectivity index (χ4v) is 7.47. The predicted octanol–water partition coefficient (Wildman–Crippen LogP) is 6.73. The third-order valence-corrected chi connectivity index (χ3v) is 9.88. The molecule has 2 amide bonds. The average molecular weight is 577 g/mol. The molecule has 0 unspecified atom stereocenters. The normalized spacial score (nSPS) is 19.7. The molecule has 1 saturated heterocycles. The number of unbranched alkanes of at least 4 members (excludes halogenated alkanes) is 1. The van der Waals surface area contributed by atoms with Gasteiger partial charge < -0.3 is 25.3 Å². The topological polar surface area (TPSA) is 86.5 Å². The summed E-state index contributed by atoms with van der Waals surface area (Å²) >= 11 is 0. The quantitative estimate of drug-likeness (QED) is 0.289. The number of benzene rings is 1. The Morgan fingerprint density at radius 3 is 2.48 bits per heavy atom. The number of amides is 2.